The third-order valence-electron chi connectivity index (χ3n) is 3.98. The molecule has 22 heavy (non-hydrogen) atoms. The Hall–Kier alpha value is -1.43. The summed E-state index contributed by atoms with van der Waals surface area (Å²) in [5.41, 5.74) is 6.62. The van der Waals surface area contributed by atoms with E-state index < -0.39 is 5.54 Å². The van der Waals surface area contributed by atoms with E-state index in [1.54, 1.807) is 0 Å². The van der Waals surface area contributed by atoms with Gasteiger partial charge in [0.15, 0.2) is 0 Å². The molecule has 0 saturated carbocycles. The quantitative estimate of drug-likeness (QED) is 0.846. The highest BCUT2D eigenvalue weighted by molar-refractivity contribution is 5.83. The number of carbonyl (C=O) groups excluding carboxylic acids is 1. The molecule has 122 valence electrons. The summed E-state index contributed by atoms with van der Waals surface area (Å²) >= 11 is 0. The topological polar surface area (TPSA) is 61.6 Å². The number of carbonyl (C=O) groups is 1. The molecule has 1 saturated heterocycles. The first-order valence-electron chi connectivity index (χ1n) is 7.91. The van der Waals surface area contributed by atoms with Crippen LogP contribution in [0.4, 0.5) is 0 Å². The molecule has 1 heterocycles. The SMILES string of the molecule is CN1CCN(C(C(=O)NCC(C)(C)N)c2ccccc2)CC1. The Labute approximate surface area is 133 Å². The second-order valence-electron chi connectivity index (χ2n) is 6.86. The van der Waals surface area contributed by atoms with E-state index in [2.05, 4.69) is 22.2 Å². The Bertz CT molecular complexity index is 475. The fraction of sp³-hybridized carbons (Fsp3) is 0.588. The van der Waals surface area contributed by atoms with E-state index in [4.69, 9.17) is 5.73 Å². The monoisotopic (exact) mass is 304 g/mol. The molecule has 1 amide bonds. The van der Waals surface area contributed by atoms with Crippen molar-refractivity contribution < 1.29 is 4.79 Å². The summed E-state index contributed by atoms with van der Waals surface area (Å²) in [6, 6.07) is 9.76. The lowest BCUT2D eigenvalue weighted by atomic mass is 10.0. The zero-order chi connectivity index (χ0) is 16.2. The van der Waals surface area contributed by atoms with E-state index >= 15 is 0 Å². The Morgan fingerprint density at radius 1 is 1.23 bits per heavy atom. The third kappa shape index (κ3) is 4.80. The first kappa shape index (κ1) is 16.9. The van der Waals surface area contributed by atoms with Crippen molar-refractivity contribution in [3.05, 3.63) is 35.9 Å². The molecule has 0 aromatic heterocycles. The number of hydrogen-bond donors (Lipinski definition) is 2. The first-order chi connectivity index (χ1) is 10.4. The lowest BCUT2D eigenvalue weighted by Gasteiger charge is -2.37. The van der Waals surface area contributed by atoms with Gasteiger partial charge in [-0.05, 0) is 26.5 Å². The fourth-order valence-electron chi connectivity index (χ4n) is 2.66. The highest BCUT2D eigenvalue weighted by atomic mass is 16.2. The van der Waals surface area contributed by atoms with Crippen LogP contribution in [0.25, 0.3) is 0 Å². The number of hydrogen-bond acceptors (Lipinski definition) is 4. The number of nitrogens with one attached hydrogen (secondary N) is 1. The van der Waals surface area contributed by atoms with Gasteiger partial charge >= 0.3 is 0 Å². The number of likely N-dealkylation sites (N-methyl/N-ethyl adjacent to an activating group) is 1. The molecule has 1 aromatic rings. The molecule has 1 aromatic carbocycles. The molecule has 0 spiro atoms. The van der Waals surface area contributed by atoms with Gasteiger partial charge in [-0.25, -0.2) is 0 Å². The number of rotatable bonds is 5. The van der Waals surface area contributed by atoms with Crippen LogP contribution in [0, 0.1) is 0 Å². The van der Waals surface area contributed by atoms with Crippen molar-refractivity contribution in [3.8, 4) is 0 Å². The minimum atomic E-state index is -0.404. The average Bonchev–Trinajstić information content (AvgIpc) is 2.48. The molecule has 0 bridgehead atoms. The largest absolute Gasteiger partial charge is 0.353 e. The Balaban J connectivity index is 2.13. The van der Waals surface area contributed by atoms with Gasteiger partial charge in [-0.15, -0.1) is 0 Å². The second-order valence-corrected chi connectivity index (χ2v) is 6.86. The maximum atomic E-state index is 12.7. The lowest BCUT2D eigenvalue weighted by molar-refractivity contribution is -0.127. The molecule has 1 aliphatic heterocycles. The summed E-state index contributed by atoms with van der Waals surface area (Å²) in [6.45, 7) is 8.08. The minimum absolute atomic E-state index is 0.0364. The van der Waals surface area contributed by atoms with Gasteiger partial charge in [-0.2, -0.15) is 0 Å². The van der Waals surface area contributed by atoms with Crippen molar-refractivity contribution in [1.29, 1.82) is 0 Å². The van der Waals surface area contributed by atoms with Gasteiger partial charge in [0.05, 0.1) is 0 Å². The molecule has 1 aliphatic rings. The number of amides is 1. The van der Waals surface area contributed by atoms with Crippen molar-refractivity contribution in [2.75, 3.05) is 39.8 Å². The van der Waals surface area contributed by atoms with Crippen LogP contribution in [0.3, 0.4) is 0 Å². The summed E-state index contributed by atoms with van der Waals surface area (Å²) in [5.74, 6) is 0.0364. The van der Waals surface area contributed by atoms with Gasteiger partial charge in [0, 0.05) is 38.3 Å². The molecular formula is C17H28N4O. The standard InChI is InChI=1S/C17H28N4O/c1-17(2,18)13-19-16(22)15(14-7-5-4-6-8-14)21-11-9-20(3)10-12-21/h4-8,15H,9-13,18H2,1-3H3,(H,19,22). The van der Waals surface area contributed by atoms with E-state index in [0.717, 1.165) is 31.7 Å². The molecular weight excluding hydrogens is 276 g/mol. The smallest absolute Gasteiger partial charge is 0.242 e. The maximum absolute atomic E-state index is 12.7. The van der Waals surface area contributed by atoms with Crippen LogP contribution in [0.1, 0.15) is 25.5 Å². The summed E-state index contributed by atoms with van der Waals surface area (Å²) < 4.78 is 0. The van der Waals surface area contributed by atoms with E-state index in [1.165, 1.54) is 0 Å². The molecule has 0 aliphatic carbocycles. The van der Waals surface area contributed by atoms with Gasteiger partial charge in [0.2, 0.25) is 5.91 Å². The highest BCUT2D eigenvalue weighted by Gasteiger charge is 2.30. The van der Waals surface area contributed by atoms with Crippen LogP contribution in [0.15, 0.2) is 30.3 Å². The molecule has 1 unspecified atom stereocenters. The van der Waals surface area contributed by atoms with Crippen LogP contribution in [-0.4, -0.2) is 61.0 Å². The zero-order valence-corrected chi connectivity index (χ0v) is 13.9. The first-order valence-corrected chi connectivity index (χ1v) is 7.91. The van der Waals surface area contributed by atoms with Crippen LogP contribution in [0.2, 0.25) is 0 Å². The average molecular weight is 304 g/mol. The van der Waals surface area contributed by atoms with Crippen molar-refractivity contribution in [1.82, 2.24) is 15.1 Å². The Morgan fingerprint density at radius 3 is 2.36 bits per heavy atom. The van der Waals surface area contributed by atoms with Crippen LogP contribution >= 0.6 is 0 Å². The van der Waals surface area contributed by atoms with E-state index in [1.807, 2.05) is 44.2 Å². The summed E-state index contributed by atoms with van der Waals surface area (Å²) in [7, 11) is 2.12. The highest BCUT2D eigenvalue weighted by Crippen LogP contribution is 2.22. The minimum Gasteiger partial charge on any atom is -0.353 e. The van der Waals surface area contributed by atoms with Crippen LogP contribution in [-0.2, 0) is 4.79 Å². The van der Waals surface area contributed by atoms with Gasteiger partial charge < -0.3 is 16.0 Å². The maximum Gasteiger partial charge on any atom is 0.242 e. The Morgan fingerprint density at radius 2 is 1.82 bits per heavy atom. The van der Waals surface area contributed by atoms with Crippen LogP contribution in [0.5, 0.6) is 0 Å². The molecule has 5 nitrogen and oxygen atoms in total. The molecule has 0 radical (unpaired) electrons. The van der Waals surface area contributed by atoms with Gasteiger partial charge in [0.25, 0.3) is 0 Å². The molecule has 2 rings (SSSR count). The fourth-order valence-corrected chi connectivity index (χ4v) is 2.66. The number of nitrogens with zero attached hydrogens (tertiary/aromatic N) is 2. The molecule has 3 N–H and O–H groups in total. The van der Waals surface area contributed by atoms with E-state index in [-0.39, 0.29) is 11.9 Å². The van der Waals surface area contributed by atoms with E-state index in [9.17, 15) is 4.79 Å². The molecule has 1 fully saturated rings. The predicted octanol–water partition coefficient (Wildman–Crippen LogP) is 0.829. The third-order valence-corrected chi connectivity index (χ3v) is 3.98. The number of piperazine rings is 1. The second kappa shape index (κ2) is 7.22. The number of benzene rings is 1. The van der Waals surface area contributed by atoms with Crippen molar-refractivity contribution in [2.24, 2.45) is 5.73 Å². The molecule has 5 heteroatoms. The lowest BCUT2D eigenvalue weighted by Crippen LogP contribution is -2.52. The van der Waals surface area contributed by atoms with Gasteiger partial charge in [0.1, 0.15) is 6.04 Å². The van der Waals surface area contributed by atoms with Crippen molar-refractivity contribution >= 4 is 5.91 Å². The van der Waals surface area contributed by atoms with Crippen LogP contribution < -0.4 is 11.1 Å². The molecule has 1 atom stereocenters. The van der Waals surface area contributed by atoms with Crippen molar-refractivity contribution in [3.63, 3.8) is 0 Å². The van der Waals surface area contributed by atoms with Crippen molar-refractivity contribution in [2.45, 2.75) is 25.4 Å². The Kier molecular flexibility index (Phi) is 5.56. The zero-order valence-electron chi connectivity index (χ0n) is 13.9. The summed E-state index contributed by atoms with van der Waals surface area (Å²) in [4.78, 5) is 17.3. The summed E-state index contributed by atoms with van der Waals surface area (Å²) in [5, 5.41) is 3.01. The van der Waals surface area contributed by atoms with E-state index in [0.29, 0.717) is 6.54 Å². The van der Waals surface area contributed by atoms with Gasteiger partial charge in [-0.3, -0.25) is 9.69 Å². The van der Waals surface area contributed by atoms with Gasteiger partial charge in [-0.1, -0.05) is 30.3 Å². The number of nitrogens with two attached hydrogens (primary N) is 1. The summed E-state index contributed by atoms with van der Waals surface area (Å²) in [6.07, 6.45) is 0. The predicted molar refractivity (Wildman–Crippen MR) is 89.5 cm³/mol. The normalized spacial score (nSPS) is 18.9.